The third kappa shape index (κ3) is 4.42. The fourth-order valence-corrected chi connectivity index (χ4v) is 3.13. The summed E-state index contributed by atoms with van der Waals surface area (Å²) in [6, 6.07) is 6.31. The summed E-state index contributed by atoms with van der Waals surface area (Å²) >= 11 is 0. The molecule has 0 bridgehead atoms. The predicted octanol–water partition coefficient (Wildman–Crippen LogP) is 3.64. The third-order valence-electron chi connectivity index (χ3n) is 4.75. The molecule has 3 aromatic rings. The van der Waals surface area contributed by atoms with Crippen molar-refractivity contribution in [1.82, 2.24) is 24.6 Å². The lowest BCUT2D eigenvalue weighted by Gasteiger charge is -2.30. The van der Waals surface area contributed by atoms with Gasteiger partial charge >= 0.3 is 6.18 Å². The number of halogens is 3. The molecule has 1 aliphatic rings. The summed E-state index contributed by atoms with van der Waals surface area (Å²) in [5.74, 6) is -0.110. The van der Waals surface area contributed by atoms with E-state index < -0.39 is 11.9 Å². The Hall–Kier alpha value is -3.43. The Morgan fingerprint density at radius 2 is 2.00 bits per heavy atom. The normalized spacial score (nSPS) is 13.8. The summed E-state index contributed by atoms with van der Waals surface area (Å²) in [7, 11) is 0. The lowest BCUT2D eigenvalue weighted by Crippen LogP contribution is -2.43. The third-order valence-corrected chi connectivity index (χ3v) is 4.75. The van der Waals surface area contributed by atoms with Gasteiger partial charge in [0.05, 0.1) is 6.20 Å². The predicted molar refractivity (Wildman–Crippen MR) is 104 cm³/mol. The van der Waals surface area contributed by atoms with Crippen LogP contribution >= 0.6 is 0 Å². The second-order valence-corrected chi connectivity index (χ2v) is 7.14. The molecule has 2 aromatic heterocycles. The van der Waals surface area contributed by atoms with E-state index in [0.29, 0.717) is 5.69 Å². The van der Waals surface area contributed by atoms with Crippen molar-refractivity contribution >= 4 is 17.5 Å². The number of rotatable bonds is 5. The smallest absolute Gasteiger partial charge is 0.341 e. The molecule has 0 unspecified atom stereocenters. The number of carbonyl (C=O) groups excluding carboxylic acids is 1. The number of benzene rings is 1. The van der Waals surface area contributed by atoms with Crippen molar-refractivity contribution in [3.05, 3.63) is 54.1 Å². The molecule has 0 spiro atoms. The number of likely N-dealkylation sites (tertiary alicyclic amines) is 1. The van der Waals surface area contributed by atoms with E-state index in [4.69, 9.17) is 0 Å². The standard InChI is InChI=1S/C20H19F3N6O/c1-13-7-14(15-10-25-29(11-15)12-18(30)28-5-2-6-28)9-16(8-13)26-19-24-4-3-17(27-19)20(21,22)23/h3-4,7-11H,2,5-6,12H2,1H3,(H,24,26,27). The molecule has 1 amide bonds. The van der Waals surface area contributed by atoms with Gasteiger partial charge in [-0.2, -0.15) is 18.3 Å². The molecule has 4 rings (SSSR count). The van der Waals surface area contributed by atoms with Gasteiger partial charge in [-0.25, -0.2) is 9.97 Å². The second-order valence-electron chi connectivity index (χ2n) is 7.14. The molecule has 1 saturated heterocycles. The minimum Gasteiger partial charge on any atom is -0.341 e. The van der Waals surface area contributed by atoms with Crippen LogP contribution in [0.2, 0.25) is 0 Å². The minimum absolute atomic E-state index is 0.0317. The molecule has 7 nitrogen and oxygen atoms in total. The van der Waals surface area contributed by atoms with Crippen LogP contribution in [-0.4, -0.2) is 43.6 Å². The average molecular weight is 416 g/mol. The first kappa shape index (κ1) is 19.9. The van der Waals surface area contributed by atoms with E-state index in [1.807, 2.05) is 13.0 Å². The van der Waals surface area contributed by atoms with Crippen LogP contribution < -0.4 is 5.32 Å². The van der Waals surface area contributed by atoms with Crippen LogP contribution in [0.3, 0.4) is 0 Å². The quantitative estimate of drug-likeness (QED) is 0.687. The molecule has 0 radical (unpaired) electrons. The molecule has 1 fully saturated rings. The number of hydrogen-bond donors (Lipinski definition) is 1. The first-order valence-electron chi connectivity index (χ1n) is 9.37. The maximum atomic E-state index is 12.9. The fourth-order valence-electron chi connectivity index (χ4n) is 3.13. The lowest BCUT2D eigenvalue weighted by molar-refractivity contribution is -0.141. The van der Waals surface area contributed by atoms with Gasteiger partial charge in [0.1, 0.15) is 12.2 Å². The molecular formula is C20H19F3N6O. The molecule has 156 valence electrons. The zero-order valence-corrected chi connectivity index (χ0v) is 16.1. The van der Waals surface area contributed by atoms with Crippen LogP contribution in [0.1, 0.15) is 17.7 Å². The molecule has 1 N–H and O–H groups in total. The van der Waals surface area contributed by atoms with Gasteiger partial charge in [-0.3, -0.25) is 9.48 Å². The molecule has 3 heterocycles. The van der Waals surface area contributed by atoms with Gasteiger partial charge in [-0.05, 0) is 42.7 Å². The highest BCUT2D eigenvalue weighted by Crippen LogP contribution is 2.29. The number of hydrogen-bond acceptors (Lipinski definition) is 5. The highest BCUT2D eigenvalue weighted by molar-refractivity contribution is 5.77. The monoisotopic (exact) mass is 416 g/mol. The topological polar surface area (TPSA) is 75.9 Å². The number of nitrogens with zero attached hydrogens (tertiary/aromatic N) is 5. The van der Waals surface area contributed by atoms with Crippen molar-refractivity contribution in [1.29, 1.82) is 0 Å². The SMILES string of the molecule is Cc1cc(Nc2nccc(C(F)(F)F)n2)cc(-c2cnn(CC(=O)N3CCC3)c2)c1. The summed E-state index contributed by atoms with van der Waals surface area (Å²) in [6.45, 7) is 3.63. The van der Waals surface area contributed by atoms with Gasteiger partial charge in [-0.1, -0.05) is 6.07 Å². The summed E-state index contributed by atoms with van der Waals surface area (Å²) in [5, 5.41) is 7.08. The lowest BCUT2D eigenvalue weighted by atomic mass is 10.1. The number of nitrogens with one attached hydrogen (secondary N) is 1. The molecule has 10 heteroatoms. The molecule has 1 aliphatic heterocycles. The number of aryl methyl sites for hydroxylation is 1. The Bertz CT molecular complexity index is 1070. The van der Waals surface area contributed by atoms with Crippen LogP contribution in [0, 0.1) is 6.92 Å². The Labute approximate surface area is 170 Å². The van der Waals surface area contributed by atoms with Crippen molar-refractivity contribution in [2.24, 2.45) is 0 Å². The van der Waals surface area contributed by atoms with Gasteiger partial charge < -0.3 is 10.2 Å². The van der Waals surface area contributed by atoms with Gasteiger partial charge in [0.2, 0.25) is 11.9 Å². The van der Waals surface area contributed by atoms with Crippen molar-refractivity contribution in [3.8, 4) is 11.1 Å². The maximum Gasteiger partial charge on any atom is 0.433 e. The maximum absolute atomic E-state index is 12.9. The fraction of sp³-hybridized carbons (Fsp3) is 0.300. The first-order valence-corrected chi connectivity index (χ1v) is 9.37. The Morgan fingerprint density at radius 3 is 2.70 bits per heavy atom. The number of amides is 1. The van der Waals surface area contributed by atoms with E-state index in [1.165, 1.54) is 0 Å². The Balaban J connectivity index is 1.53. The largest absolute Gasteiger partial charge is 0.433 e. The van der Waals surface area contributed by atoms with Gasteiger partial charge in [-0.15, -0.1) is 0 Å². The summed E-state index contributed by atoms with van der Waals surface area (Å²) in [6.07, 6.45) is 0.984. The van der Waals surface area contributed by atoms with E-state index in [-0.39, 0.29) is 18.4 Å². The molecule has 0 atom stereocenters. The summed E-state index contributed by atoms with van der Waals surface area (Å²) in [4.78, 5) is 21.3. The van der Waals surface area contributed by atoms with Crippen LogP contribution in [-0.2, 0) is 17.5 Å². The van der Waals surface area contributed by atoms with E-state index in [2.05, 4.69) is 20.4 Å². The van der Waals surface area contributed by atoms with Gasteiger partial charge in [0.25, 0.3) is 0 Å². The van der Waals surface area contributed by atoms with Crippen molar-refractivity contribution < 1.29 is 18.0 Å². The van der Waals surface area contributed by atoms with E-state index in [0.717, 1.165) is 48.5 Å². The molecular weight excluding hydrogens is 397 g/mol. The van der Waals surface area contributed by atoms with E-state index in [9.17, 15) is 18.0 Å². The highest BCUT2D eigenvalue weighted by Gasteiger charge is 2.32. The van der Waals surface area contributed by atoms with Crippen molar-refractivity contribution in [3.63, 3.8) is 0 Å². The minimum atomic E-state index is -4.54. The highest BCUT2D eigenvalue weighted by atomic mass is 19.4. The van der Waals surface area contributed by atoms with Gasteiger partial charge in [0.15, 0.2) is 0 Å². The van der Waals surface area contributed by atoms with Gasteiger partial charge in [0, 0.05) is 36.7 Å². The molecule has 0 saturated carbocycles. The Kier molecular flexibility index (Phi) is 5.15. The van der Waals surface area contributed by atoms with Crippen molar-refractivity contribution in [2.75, 3.05) is 18.4 Å². The Morgan fingerprint density at radius 1 is 1.20 bits per heavy atom. The number of aromatic nitrogens is 4. The summed E-state index contributed by atoms with van der Waals surface area (Å²) in [5.41, 5.74) is 2.04. The van der Waals surface area contributed by atoms with Crippen LogP contribution in [0.15, 0.2) is 42.9 Å². The summed E-state index contributed by atoms with van der Waals surface area (Å²) < 4.78 is 40.2. The van der Waals surface area contributed by atoms with Crippen LogP contribution in [0.4, 0.5) is 24.8 Å². The number of anilines is 2. The number of alkyl halides is 3. The molecule has 0 aliphatic carbocycles. The zero-order chi connectivity index (χ0) is 21.3. The van der Waals surface area contributed by atoms with Crippen LogP contribution in [0.5, 0.6) is 0 Å². The van der Waals surface area contributed by atoms with Crippen molar-refractivity contribution in [2.45, 2.75) is 26.1 Å². The molecule has 1 aromatic carbocycles. The number of carbonyl (C=O) groups is 1. The average Bonchev–Trinajstić information content (AvgIpc) is 3.07. The zero-order valence-electron chi connectivity index (χ0n) is 16.1. The molecule has 30 heavy (non-hydrogen) atoms. The van der Waals surface area contributed by atoms with E-state index in [1.54, 1.807) is 34.1 Å². The second kappa shape index (κ2) is 7.77. The van der Waals surface area contributed by atoms with Crippen LogP contribution in [0.25, 0.3) is 11.1 Å². The van der Waals surface area contributed by atoms with E-state index >= 15 is 0 Å². The first-order chi connectivity index (χ1) is 14.3.